The van der Waals surface area contributed by atoms with Crippen LogP contribution in [0, 0.1) is 13.8 Å². The number of nitrogens with one attached hydrogen (secondary N) is 1. The number of alkyl halides is 2. The fraction of sp³-hybridized carbons (Fsp3) is 0.238. The van der Waals surface area contributed by atoms with Gasteiger partial charge in [-0.15, -0.1) is 0 Å². The maximum absolute atomic E-state index is 12.9. The topological polar surface area (TPSA) is 56.2 Å². The third kappa shape index (κ3) is 4.82. The van der Waals surface area contributed by atoms with Gasteiger partial charge in [-0.1, -0.05) is 28.1 Å². The van der Waals surface area contributed by atoms with Crippen molar-refractivity contribution in [2.45, 2.75) is 33.4 Å². The zero-order valence-electron chi connectivity index (χ0n) is 16.1. The van der Waals surface area contributed by atoms with Crippen molar-refractivity contribution in [3.63, 3.8) is 0 Å². The molecule has 0 aliphatic carbocycles. The van der Waals surface area contributed by atoms with Gasteiger partial charge in [0.2, 0.25) is 0 Å². The van der Waals surface area contributed by atoms with E-state index in [0.29, 0.717) is 11.3 Å². The average Bonchev–Trinajstić information content (AvgIpc) is 2.96. The van der Waals surface area contributed by atoms with Gasteiger partial charge in [0, 0.05) is 4.47 Å². The van der Waals surface area contributed by atoms with Crippen LogP contribution in [0.5, 0.6) is 5.75 Å². The molecule has 2 aromatic carbocycles. The lowest BCUT2D eigenvalue weighted by Crippen LogP contribution is -2.27. The Kier molecular flexibility index (Phi) is 6.32. The lowest BCUT2D eigenvalue weighted by Gasteiger charge is -2.15. The Balaban J connectivity index is 1.77. The van der Waals surface area contributed by atoms with Gasteiger partial charge in [0.25, 0.3) is 5.91 Å². The molecule has 8 heteroatoms. The van der Waals surface area contributed by atoms with E-state index in [0.717, 1.165) is 21.4 Å². The van der Waals surface area contributed by atoms with Crippen LogP contribution in [0.25, 0.3) is 5.69 Å². The van der Waals surface area contributed by atoms with Gasteiger partial charge in [0.1, 0.15) is 5.75 Å². The molecule has 0 saturated heterocycles. The summed E-state index contributed by atoms with van der Waals surface area (Å²) in [6.45, 7) is 2.59. The molecule has 29 heavy (non-hydrogen) atoms. The molecule has 0 aliphatic heterocycles. The molecule has 0 radical (unpaired) electrons. The molecule has 0 spiro atoms. The number of carbonyl (C=O) groups is 1. The molecule has 1 unspecified atom stereocenters. The van der Waals surface area contributed by atoms with Crippen molar-refractivity contribution in [2.24, 2.45) is 0 Å². The number of hydrogen-bond acceptors (Lipinski definition) is 3. The summed E-state index contributed by atoms with van der Waals surface area (Å²) in [7, 11) is 0. The van der Waals surface area contributed by atoms with Crippen LogP contribution in [0.2, 0.25) is 0 Å². The van der Waals surface area contributed by atoms with Crippen LogP contribution in [0.15, 0.2) is 53.0 Å². The van der Waals surface area contributed by atoms with Gasteiger partial charge in [-0.05, 0) is 62.7 Å². The monoisotopic (exact) mass is 463 g/mol. The van der Waals surface area contributed by atoms with Crippen molar-refractivity contribution in [3.05, 3.63) is 75.5 Å². The van der Waals surface area contributed by atoms with Gasteiger partial charge in [0.15, 0.2) is 0 Å². The summed E-state index contributed by atoms with van der Waals surface area (Å²) in [5, 5.41) is 7.44. The Hall–Kier alpha value is -2.74. The third-order valence-corrected chi connectivity index (χ3v) is 5.07. The number of hydrogen-bond donors (Lipinski definition) is 1. The van der Waals surface area contributed by atoms with Crippen molar-refractivity contribution < 1.29 is 18.3 Å². The van der Waals surface area contributed by atoms with Gasteiger partial charge in [-0.2, -0.15) is 13.9 Å². The van der Waals surface area contributed by atoms with Crippen molar-refractivity contribution in [1.82, 2.24) is 15.1 Å². The normalized spacial score (nSPS) is 12.1. The molecule has 1 amide bonds. The third-order valence-electron chi connectivity index (χ3n) is 4.54. The number of carbonyl (C=O) groups excluding carboxylic acids is 1. The average molecular weight is 464 g/mol. The number of ether oxygens (including phenoxy) is 1. The minimum absolute atomic E-state index is 0.0738. The maximum Gasteiger partial charge on any atom is 0.387 e. The number of aromatic nitrogens is 2. The van der Waals surface area contributed by atoms with Crippen LogP contribution < -0.4 is 10.1 Å². The fourth-order valence-electron chi connectivity index (χ4n) is 3.10. The lowest BCUT2D eigenvalue weighted by atomic mass is 10.1. The number of benzene rings is 2. The summed E-state index contributed by atoms with van der Waals surface area (Å²) >= 11 is 3.41. The lowest BCUT2D eigenvalue weighted by molar-refractivity contribution is -0.0498. The number of nitrogens with zero attached hydrogens (tertiary/aromatic N) is 2. The van der Waals surface area contributed by atoms with Gasteiger partial charge in [-0.3, -0.25) is 4.79 Å². The number of amides is 1. The van der Waals surface area contributed by atoms with Crippen molar-refractivity contribution >= 4 is 21.8 Å². The van der Waals surface area contributed by atoms with E-state index >= 15 is 0 Å². The van der Waals surface area contributed by atoms with Crippen LogP contribution in [-0.2, 0) is 0 Å². The first-order chi connectivity index (χ1) is 13.8. The van der Waals surface area contributed by atoms with Crippen LogP contribution in [0.1, 0.15) is 40.3 Å². The van der Waals surface area contributed by atoms with E-state index in [2.05, 4.69) is 31.1 Å². The molecule has 0 aliphatic rings. The highest BCUT2D eigenvalue weighted by atomic mass is 79.9. The number of aryl methyl sites for hydroxylation is 1. The predicted octanol–water partition coefficient (Wildman–Crippen LogP) is 5.34. The smallest absolute Gasteiger partial charge is 0.387 e. The quantitative estimate of drug-likeness (QED) is 0.536. The largest absolute Gasteiger partial charge is 0.435 e. The molecule has 1 heterocycles. The molecule has 0 saturated carbocycles. The summed E-state index contributed by atoms with van der Waals surface area (Å²) in [4.78, 5) is 12.9. The second-order valence-corrected chi connectivity index (χ2v) is 7.49. The summed E-state index contributed by atoms with van der Waals surface area (Å²) in [5.74, 6) is -0.173. The summed E-state index contributed by atoms with van der Waals surface area (Å²) in [6.07, 6.45) is 0. The molecule has 152 valence electrons. The molecule has 1 N–H and O–H groups in total. The number of halogens is 3. The Morgan fingerprint density at radius 1 is 1.10 bits per heavy atom. The zero-order chi connectivity index (χ0) is 21.1. The fourth-order valence-corrected chi connectivity index (χ4v) is 3.36. The highest BCUT2D eigenvalue weighted by molar-refractivity contribution is 9.10. The van der Waals surface area contributed by atoms with Crippen molar-refractivity contribution in [2.75, 3.05) is 0 Å². The summed E-state index contributed by atoms with van der Waals surface area (Å²) in [6, 6.07) is 13.5. The molecule has 1 atom stereocenters. The highest BCUT2D eigenvalue weighted by Crippen LogP contribution is 2.22. The van der Waals surface area contributed by atoms with E-state index < -0.39 is 6.61 Å². The second kappa shape index (κ2) is 8.73. The van der Waals surface area contributed by atoms with Crippen LogP contribution in [0.3, 0.4) is 0 Å². The Labute approximate surface area is 175 Å². The Bertz CT molecular complexity index is 1000. The highest BCUT2D eigenvalue weighted by Gasteiger charge is 2.21. The zero-order valence-corrected chi connectivity index (χ0v) is 17.7. The van der Waals surface area contributed by atoms with Crippen LogP contribution in [-0.4, -0.2) is 22.3 Å². The van der Waals surface area contributed by atoms with Crippen molar-refractivity contribution in [3.8, 4) is 11.4 Å². The van der Waals surface area contributed by atoms with E-state index in [-0.39, 0.29) is 17.7 Å². The first kappa shape index (κ1) is 21.0. The molecular formula is C21H20BrF2N3O2. The second-order valence-electron chi connectivity index (χ2n) is 6.58. The molecule has 3 rings (SSSR count). The molecule has 5 nitrogen and oxygen atoms in total. The van der Waals surface area contributed by atoms with Crippen LogP contribution in [0.4, 0.5) is 8.78 Å². The van der Waals surface area contributed by atoms with Crippen molar-refractivity contribution in [1.29, 1.82) is 0 Å². The predicted molar refractivity (Wildman–Crippen MR) is 110 cm³/mol. The Morgan fingerprint density at radius 3 is 2.31 bits per heavy atom. The molecule has 0 bridgehead atoms. The summed E-state index contributed by atoms with van der Waals surface area (Å²) in [5.41, 5.74) is 3.49. The minimum atomic E-state index is -2.87. The molecule has 1 aromatic heterocycles. The van der Waals surface area contributed by atoms with Gasteiger partial charge >= 0.3 is 6.61 Å². The van der Waals surface area contributed by atoms with E-state index in [1.54, 1.807) is 23.7 Å². The Morgan fingerprint density at radius 2 is 1.72 bits per heavy atom. The van der Waals surface area contributed by atoms with Gasteiger partial charge < -0.3 is 10.1 Å². The van der Waals surface area contributed by atoms with E-state index in [1.807, 2.05) is 38.1 Å². The SMILES string of the molecule is Cc1nn(-c2ccc(Br)cc2)c(C)c1C(=O)NC(C)c1ccc(OC(F)F)cc1. The number of rotatable bonds is 6. The maximum atomic E-state index is 12.9. The van der Waals surface area contributed by atoms with Gasteiger partial charge in [-0.25, -0.2) is 4.68 Å². The first-order valence-corrected chi connectivity index (χ1v) is 9.73. The van der Waals surface area contributed by atoms with E-state index in [4.69, 9.17) is 0 Å². The molecule has 0 fully saturated rings. The molecule has 3 aromatic rings. The molecular weight excluding hydrogens is 444 g/mol. The summed E-state index contributed by atoms with van der Waals surface area (Å²) < 4.78 is 31.6. The van der Waals surface area contributed by atoms with E-state index in [1.165, 1.54) is 12.1 Å². The van der Waals surface area contributed by atoms with Gasteiger partial charge in [0.05, 0.1) is 28.7 Å². The first-order valence-electron chi connectivity index (χ1n) is 8.94. The standard InChI is InChI=1S/C21H20BrF2N3O2/c1-12(15-4-10-18(11-5-15)29-21(23)24)25-20(28)19-13(2)26-27(14(19)3)17-8-6-16(22)7-9-17/h4-12,21H,1-3H3,(H,25,28). The van der Waals surface area contributed by atoms with E-state index in [9.17, 15) is 13.6 Å². The van der Waals surface area contributed by atoms with Crippen LogP contribution >= 0.6 is 15.9 Å². The minimum Gasteiger partial charge on any atom is -0.435 e.